The van der Waals surface area contributed by atoms with Crippen molar-refractivity contribution in [2.75, 3.05) is 9.80 Å². The monoisotopic (exact) mass is 614 g/mol. The van der Waals surface area contributed by atoms with Crippen molar-refractivity contribution in [2.45, 2.75) is 0 Å². The molecule has 0 saturated carbocycles. The van der Waals surface area contributed by atoms with Crippen LogP contribution in [0.5, 0.6) is 0 Å². The molecule has 2 nitrogen and oxygen atoms in total. The number of hydrogen-bond acceptors (Lipinski definition) is 2. The molecule has 0 aliphatic rings. The van der Waals surface area contributed by atoms with Crippen LogP contribution in [0.25, 0.3) is 33.0 Å². The lowest BCUT2D eigenvalue weighted by atomic mass is 9.93. The fourth-order valence-electron chi connectivity index (χ4n) is 6.56. The van der Waals surface area contributed by atoms with Gasteiger partial charge in [0.1, 0.15) is 0 Å². The molecule has 0 unspecified atom stereocenters. The third kappa shape index (κ3) is 5.72. The van der Waals surface area contributed by atoms with Crippen LogP contribution >= 0.6 is 0 Å². The largest absolute Gasteiger partial charge is 0.310 e. The van der Waals surface area contributed by atoms with Gasteiger partial charge in [0.25, 0.3) is 0 Å². The summed E-state index contributed by atoms with van der Waals surface area (Å²) in [6.45, 7) is 0. The van der Waals surface area contributed by atoms with Gasteiger partial charge in [-0.25, -0.2) is 0 Å². The standard InChI is InChI=1S/C46H34N2/c1-7-19-35(20-8-1)43-31-37-32-44(36-21-9-2-10-22-36)46(48(41-27-15-5-16-28-41)42-29-17-6-18-30-42)34-38(37)33-45(43)47(39-23-11-3-12-24-39)40-25-13-4-14-26-40/h1-34H. The maximum absolute atomic E-state index is 2.37. The van der Waals surface area contributed by atoms with Crippen LogP contribution in [0.15, 0.2) is 206 Å². The van der Waals surface area contributed by atoms with Crippen molar-refractivity contribution in [3.05, 3.63) is 206 Å². The zero-order valence-electron chi connectivity index (χ0n) is 26.5. The van der Waals surface area contributed by atoms with E-state index in [2.05, 4.69) is 216 Å². The van der Waals surface area contributed by atoms with Gasteiger partial charge in [0, 0.05) is 33.9 Å². The molecule has 0 atom stereocenters. The second kappa shape index (κ2) is 13.2. The van der Waals surface area contributed by atoms with Gasteiger partial charge in [0.05, 0.1) is 11.4 Å². The molecule has 0 heterocycles. The van der Waals surface area contributed by atoms with Gasteiger partial charge in [0.2, 0.25) is 0 Å². The minimum atomic E-state index is 1.11. The first-order valence-corrected chi connectivity index (χ1v) is 16.4. The van der Waals surface area contributed by atoms with Crippen LogP contribution in [-0.4, -0.2) is 0 Å². The molecule has 0 saturated heterocycles. The number of rotatable bonds is 8. The summed E-state index contributed by atoms with van der Waals surface area (Å²) >= 11 is 0. The van der Waals surface area contributed by atoms with E-state index in [1.54, 1.807) is 0 Å². The van der Waals surface area contributed by atoms with E-state index in [1.165, 1.54) is 27.6 Å². The molecule has 8 aromatic carbocycles. The number of benzene rings is 8. The molecule has 8 aromatic rings. The second-order valence-corrected chi connectivity index (χ2v) is 11.8. The molecule has 48 heavy (non-hydrogen) atoms. The van der Waals surface area contributed by atoms with E-state index in [4.69, 9.17) is 0 Å². The van der Waals surface area contributed by atoms with Crippen molar-refractivity contribution >= 4 is 44.9 Å². The van der Waals surface area contributed by atoms with E-state index in [9.17, 15) is 0 Å². The highest BCUT2D eigenvalue weighted by molar-refractivity contribution is 6.04. The number of para-hydroxylation sites is 4. The Morgan fingerprint density at radius 3 is 0.792 bits per heavy atom. The minimum absolute atomic E-state index is 1.11. The third-order valence-electron chi connectivity index (χ3n) is 8.78. The lowest BCUT2D eigenvalue weighted by molar-refractivity contribution is 1.28. The van der Waals surface area contributed by atoms with Gasteiger partial charge in [-0.3, -0.25) is 0 Å². The molecular formula is C46H34N2. The number of nitrogens with zero attached hydrogens (tertiary/aromatic N) is 2. The van der Waals surface area contributed by atoms with Gasteiger partial charge in [-0.05, 0) is 94.7 Å². The molecule has 0 N–H and O–H groups in total. The molecule has 0 radical (unpaired) electrons. The van der Waals surface area contributed by atoms with Gasteiger partial charge in [-0.2, -0.15) is 0 Å². The molecule has 0 spiro atoms. The van der Waals surface area contributed by atoms with Crippen LogP contribution < -0.4 is 9.80 Å². The maximum Gasteiger partial charge on any atom is 0.0546 e. The molecule has 0 fully saturated rings. The van der Waals surface area contributed by atoms with Gasteiger partial charge < -0.3 is 9.80 Å². The van der Waals surface area contributed by atoms with Gasteiger partial charge in [-0.1, -0.05) is 133 Å². The molecule has 228 valence electrons. The first-order valence-electron chi connectivity index (χ1n) is 16.4. The Labute approximate surface area is 282 Å². The lowest BCUT2D eigenvalue weighted by Crippen LogP contribution is -2.12. The lowest BCUT2D eigenvalue weighted by Gasteiger charge is -2.30. The van der Waals surface area contributed by atoms with Crippen LogP contribution in [0.3, 0.4) is 0 Å². The van der Waals surface area contributed by atoms with Crippen LogP contribution in [-0.2, 0) is 0 Å². The summed E-state index contributed by atoms with van der Waals surface area (Å²) < 4.78 is 0. The fourth-order valence-corrected chi connectivity index (χ4v) is 6.56. The quantitative estimate of drug-likeness (QED) is 0.168. The van der Waals surface area contributed by atoms with Crippen molar-refractivity contribution in [3.63, 3.8) is 0 Å². The topological polar surface area (TPSA) is 6.48 Å². The number of anilines is 6. The van der Waals surface area contributed by atoms with E-state index in [-0.39, 0.29) is 0 Å². The third-order valence-corrected chi connectivity index (χ3v) is 8.78. The fraction of sp³-hybridized carbons (Fsp3) is 0. The zero-order chi connectivity index (χ0) is 32.1. The number of fused-ring (bicyclic) bond motifs is 1. The summed E-state index contributed by atoms with van der Waals surface area (Å²) in [7, 11) is 0. The molecule has 0 aromatic heterocycles. The molecular weight excluding hydrogens is 581 g/mol. The Morgan fingerprint density at radius 2 is 0.500 bits per heavy atom. The van der Waals surface area contributed by atoms with Gasteiger partial charge >= 0.3 is 0 Å². The van der Waals surface area contributed by atoms with E-state index in [0.29, 0.717) is 0 Å². The van der Waals surface area contributed by atoms with Gasteiger partial charge in [-0.15, -0.1) is 0 Å². The van der Waals surface area contributed by atoms with Crippen LogP contribution in [0.1, 0.15) is 0 Å². The summed E-state index contributed by atoms with van der Waals surface area (Å²) in [6.07, 6.45) is 0. The molecule has 8 rings (SSSR count). The summed E-state index contributed by atoms with van der Waals surface area (Å²) in [5.41, 5.74) is 11.4. The molecule has 0 bridgehead atoms. The summed E-state index contributed by atoms with van der Waals surface area (Å²) in [5.74, 6) is 0. The van der Waals surface area contributed by atoms with E-state index in [1.807, 2.05) is 0 Å². The van der Waals surface area contributed by atoms with Crippen LogP contribution in [0, 0.1) is 0 Å². The molecule has 0 aliphatic carbocycles. The second-order valence-electron chi connectivity index (χ2n) is 11.8. The van der Waals surface area contributed by atoms with Crippen molar-refractivity contribution in [1.29, 1.82) is 0 Å². The van der Waals surface area contributed by atoms with E-state index in [0.717, 1.165) is 39.5 Å². The van der Waals surface area contributed by atoms with Gasteiger partial charge in [0.15, 0.2) is 0 Å². The molecule has 0 amide bonds. The van der Waals surface area contributed by atoms with Crippen LogP contribution in [0.2, 0.25) is 0 Å². The Hall–Kier alpha value is -6.38. The highest BCUT2D eigenvalue weighted by Crippen LogP contribution is 2.47. The molecule has 2 heteroatoms. The Bertz CT molecular complexity index is 2010. The smallest absolute Gasteiger partial charge is 0.0546 e. The summed E-state index contributed by atoms with van der Waals surface area (Å²) in [6, 6.07) is 73.5. The SMILES string of the molecule is c1ccc(-c2cc3cc(-c4ccccc4)c(N(c4ccccc4)c4ccccc4)cc3cc2N(c2ccccc2)c2ccccc2)cc1. The molecule has 0 aliphatic heterocycles. The van der Waals surface area contributed by atoms with Crippen molar-refractivity contribution in [1.82, 2.24) is 0 Å². The summed E-state index contributed by atoms with van der Waals surface area (Å²) in [5, 5.41) is 2.34. The van der Waals surface area contributed by atoms with Crippen LogP contribution in [0.4, 0.5) is 34.1 Å². The highest BCUT2D eigenvalue weighted by atomic mass is 15.2. The Morgan fingerprint density at radius 1 is 0.250 bits per heavy atom. The first kappa shape index (κ1) is 29.1. The zero-order valence-corrected chi connectivity index (χ0v) is 26.5. The Balaban J connectivity index is 1.45. The maximum atomic E-state index is 2.37. The summed E-state index contributed by atoms with van der Waals surface area (Å²) in [4.78, 5) is 4.75. The van der Waals surface area contributed by atoms with Crippen molar-refractivity contribution < 1.29 is 0 Å². The first-order chi connectivity index (χ1) is 23.8. The van der Waals surface area contributed by atoms with Crippen molar-refractivity contribution in [2.24, 2.45) is 0 Å². The average molecular weight is 615 g/mol. The number of hydrogen-bond donors (Lipinski definition) is 0. The predicted molar refractivity (Wildman–Crippen MR) is 204 cm³/mol. The van der Waals surface area contributed by atoms with Crippen molar-refractivity contribution in [3.8, 4) is 22.3 Å². The Kier molecular flexibility index (Phi) is 7.96. The van der Waals surface area contributed by atoms with E-state index >= 15 is 0 Å². The normalized spacial score (nSPS) is 10.9. The predicted octanol–water partition coefficient (Wildman–Crippen LogP) is 13.1. The minimum Gasteiger partial charge on any atom is -0.310 e. The highest BCUT2D eigenvalue weighted by Gasteiger charge is 2.22. The average Bonchev–Trinajstić information content (AvgIpc) is 3.17. The van der Waals surface area contributed by atoms with E-state index < -0.39 is 0 Å².